The van der Waals surface area contributed by atoms with Gasteiger partial charge >= 0.3 is 0 Å². The highest BCUT2D eigenvalue weighted by atomic mass is 35.5. The van der Waals surface area contributed by atoms with Crippen LogP contribution in [0.15, 0.2) is 18.2 Å². The molecule has 0 aliphatic carbocycles. The van der Waals surface area contributed by atoms with Gasteiger partial charge in [-0.1, -0.05) is 25.4 Å². The predicted molar refractivity (Wildman–Crippen MR) is 64.1 cm³/mol. The SMILES string of the molecule is CC(C)C(C)Nc1cc(C#N)ccc1Cl. The van der Waals surface area contributed by atoms with Gasteiger partial charge < -0.3 is 5.32 Å². The Bertz CT molecular complexity index is 380. The minimum atomic E-state index is 0.330. The molecule has 0 aliphatic rings. The summed E-state index contributed by atoms with van der Waals surface area (Å²) in [6.45, 7) is 6.37. The summed E-state index contributed by atoms with van der Waals surface area (Å²) < 4.78 is 0. The maximum atomic E-state index is 8.78. The number of rotatable bonds is 3. The molecule has 0 bridgehead atoms. The third-order valence-electron chi connectivity index (χ3n) is 2.48. The molecule has 1 aromatic rings. The number of hydrogen-bond acceptors (Lipinski definition) is 2. The molecule has 1 N–H and O–H groups in total. The minimum absolute atomic E-state index is 0.330. The van der Waals surface area contributed by atoms with Gasteiger partial charge in [0.15, 0.2) is 0 Å². The van der Waals surface area contributed by atoms with Gasteiger partial charge in [0.2, 0.25) is 0 Å². The van der Waals surface area contributed by atoms with E-state index in [1.807, 2.05) is 0 Å². The van der Waals surface area contributed by atoms with Crippen LogP contribution in [-0.4, -0.2) is 6.04 Å². The Morgan fingerprint density at radius 3 is 2.53 bits per heavy atom. The Kier molecular flexibility index (Phi) is 3.99. The van der Waals surface area contributed by atoms with Gasteiger partial charge in [0, 0.05) is 6.04 Å². The highest BCUT2D eigenvalue weighted by Gasteiger charge is 2.09. The lowest BCUT2D eigenvalue weighted by Crippen LogP contribution is -2.21. The minimum Gasteiger partial charge on any atom is -0.381 e. The van der Waals surface area contributed by atoms with E-state index in [-0.39, 0.29) is 0 Å². The van der Waals surface area contributed by atoms with E-state index in [9.17, 15) is 0 Å². The summed E-state index contributed by atoms with van der Waals surface area (Å²) in [4.78, 5) is 0. The second-order valence-corrected chi connectivity index (χ2v) is 4.39. The molecule has 0 saturated carbocycles. The molecular formula is C12H15ClN2. The van der Waals surface area contributed by atoms with Crippen molar-refractivity contribution in [2.45, 2.75) is 26.8 Å². The van der Waals surface area contributed by atoms with Crippen LogP contribution in [0.3, 0.4) is 0 Å². The maximum absolute atomic E-state index is 8.78. The fraction of sp³-hybridized carbons (Fsp3) is 0.417. The largest absolute Gasteiger partial charge is 0.381 e. The van der Waals surface area contributed by atoms with Gasteiger partial charge in [-0.15, -0.1) is 0 Å². The highest BCUT2D eigenvalue weighted by molar-refractivity contribution is 6.33. The summed E-state index contributed by atoms with van der Waals surface area (Å²) in [5.41, 5.74) is 1.45. The third-order valence-corrected chi connectivity index (χ3v) is 2.81. The summed E-state index contributed by atoms with van der Waals surface area (Å²) >= 11 is 6.03. The Hall–Kier alpha value is -1.20. The van der Waals surface area contributed by atoms with E-state index >= 15 is 0 Å². The van der Waals surface area contributed by atoms with Crippen molar-refractivity contribution in [1.29, 1.82) is 5.26 Å². The van der Waals surface area contributed by atoms with Crippen molar-refractivity contribution in [2.24, 2.45) is 5.92 Å². The number of nitrogens with zero attached hydrogens (tertiary/aromatic N) is 1. The average molecular weight is 223 g/mol. The zero-order valence-electron chi connectivity index (χ0n) is 9.21. The molecule has 0 aromatic heterocycles. The van der Waals surface area contributed by atoms with Gasteiger partial charge in [0.25, 0.3) is 0 Å². The normalized spacial score (nSPS) is 12.3. The van der Waals surface area contributed by atoms with Crippen molar-refractivity contribution >= 4 is 17.3 Å². The maximum Gasteiger partial charge on any atom is 0.0992 e. The molecule has 80 valence electrons. The summed E-state index contributed by atoms with van der Waals surface area (Å²) in [6, 6.07) is 7.67. The third kappa shape index (κ3) is 3.14. The second-order valence-electron chi connectivity index (χ2n) is 3.98. The molecule has 0 heterocycles. The Morgan fingerprint density at radius 2 is 2.00 bits per heavy atom. The highest BCUT2D eigenvalue weighted by Crippen LogP contribution is 2.24. The van der Waals surface area contributed by atoms with Crippen LogP contribution in [0.4, 0.5) is 5.69 Å². The molecule has 0 saturated heterocycles. The van der Waals surface area contributed by atoms with Gasteiger partial charge in [-0.05, 0) is 31.0 Å². The lowest BCUT2D eigenvalue weighted by molar-refractivity contribution is 0.560. The van der Waals surface area contributed by atoms with Crippen LogP contribution in [0.2, 0.25) is 5.02 Å². The van der Waals surface area contributed by atoms with Crippen molar-refractivity contribution in [3.05, 3.63) is 28.8 Å². The summed E-state index contributed by atoms with van der Waals surface area (Å²) in [6.07, 6.45) is 0. The van der Waals surface area contributed by atoms with E-state index in [1.165, 1.54) is 0 Å². The second kappa shape index (κ2) is 5.04. The van der Waals surface area contributed by atoms with E-state index in [0.717, 1.165) is 5.69 Å². The summed E-state index contributed by atoms with van der Waals surface area (Å²) in [7, 11) is 0. The van der Waals surface area contributed by atoms with Crippen molar-refractivity contribution in [1.82, 2.24) is 0 Å². The fourth-order valence-corrected chi connectivity index (χ4v) is 1.29. The van der Waals surface area contributed by atoms with Crippen LogP contribution in [0.25, 0.3) is 0 Å². The first-order valence-corrected chi connectivity index (χ1v) is 5.38. The Morgan fingerprint density at radius 1 is 1.33 bits per heavy atom. The molecule has 3 heteroatoms. The standard InChI is InChI=1S/C12H15ClN2/c1-8(2)9(3)15-12-6-10(7-14)4-5-11(12)13/h4-6,8-9,15H,1-3H3. The topological polar surface area (TPSA) is 35.8 Å². The first kappa shape index (κ1) is 11.9. The van der Waals surface area contributed by atoms with Gasteiger partial charge in [-0.2, -0.15) is 5.26 Å². The van der Waals surface area contributed by atoms with Crippen LogP contribution >= 0.6 is 11.6 Å². The molecule has 2 nitrogen and oxygen atoms in total. The van der Waals surface area contributed by atoms with E-state index in [4.69, 9.17) is 16.9 Å². The number of benzene rings is 1. The number of anilines is 1. The van der Waals surface area contributed by atoms with Crippen LogP contribution in [0.5, 0.6) is 0 Å². The smallest absolute Gasteiger partial charge is 0.0992 e. The number of nitrogens with one attached hydrogen (secondary N) is 1. The summed E-state index contributed by atoms with van der Waals surface area (Å²) in [5.74, 6) is 0.520. The number of nitriles is 1. The number of hydrogen-bond donors (Lipinski definition) is 1. The zero-order valence-corrected chi connectivity index (χ0v) is 9.97. The lowest BCUT2D eigenvalue weighted by atomic mass is 10.1. The molecule has 1 aromatic carbocycles. The van der Waals surface area contributed by atoms with Crippen LogP contribution in [0.1, 0.15) is 26.3 Å². The monoisotopic (exact) mass is 222 g/mol. The number of halogens is 1. The molecule has 1 atom stereocenters. The molecule has 1 unspecified atom stereocenters. The van der Waals surface area contributed by atoms with E-state index < -0.39 is 0 Å². The van der Waals surface area contributed by atoms with Crippen molar-refractivity contribution in [3.8, 4) is 6.07 Å². The summed E-state index contributed by atoms with van der Waals surface area (Å²) in [5, 5.41) is 12.7. The van der Waals surface area contributed by atoms with Gasteiger partial charge in [-0.25, -0.2) is 0 Å². The van der Waals surface area contributed by atoms with Gasteiger partial charge in [-0.3, -0.25) is 0 Å². The van der Waals surface area contributed by atoms with Crippen molar-refractivity contribution < 1.29 is 0 Å². The molecular weight excluding hydrogens is 208 g/mol. The van der Waals surface area contributed by atoms with Crippen LogP contribution < -0.4 is 5.32 Å². The predicted octanol–water partition coefficient (Wildman–Crippen LogP) is 3.67. The molecule has 0 fully saturated rings. The lowest BCUT2D eigenvalue weighted by Gasteiger charge is -2.19. The molecule has 0 spiro atoms. The Balaban J connectivity index is 2.89. The molecule has 0 radical (unpaired) electrons. The van der Waals surface area contributed by atoms with Crippen LogP contribution in [-0.2, 0) is 0 Å². The molecule has 1 rings (SSSR count). The molecule has 0 aliphatic heterocycles. The average Bonchev–Trinajstić information content (AvgIpc) is 2.21. The molecule has 0 amide bonds. The molecule has 15 heavy (non-hydrogen) atoms. The van der Waals surface area contributed by atoms with Crippen molar-refractivity contribution in [3.63, 3.8) is 0 Å². The van der Waals surface area contributed by atoms with Crippen molar-refractivity contribution in [2.75, 3.05) is 5.32 Å². The van der Waals surface area contributed by atoms with Gasteiger partial charge in [0.1, 0.15) is 0 Å². The zero-order chi connectivity index (χ0) is 11.4. The van der Waals surface area contributed by atoms with Gasteiger partial charge in [0.05, 0.1) is 22.3 Å². The fourth-order valence-electron chi connectivity index (χ4n) is 1.12. The Labute approximate surface area is 95.9 Å². The quantitative estimate of drug-likeness (QED) is 0.847. The van der Waals surface area contributed by atoms with E-state index in [2.05, 4.69) is 32.2 Å². The first-order valence-electron chi connectivity index (χ1n) is 5.00. The van der Waals surface area contributed by atoms with E-state index in [0.29, 0.717) is 22.5 Å². The first-order chi connectivity index (χ1) is 7.04. The van der Waals surface area contributed by atoms with Crippen LogP contribution in [0, 0.1) is 17.2 Å². The van der Waals surface area contributed by atoms with E-state index in [1.54, 1.807) is 18.2 Å².